The van der Waals surface area contributed by atoms with Crippen LogP contribution in [0.25, 0.3) is 0 Å². The van der Waals surface area contributed by atoms with Gasteiger partial charge in [-0.3, -0.25) is 14.5 Å². The molecule has 0 saturated carbocycles. The second kappa shape index (κ2) is 30.4. The minimum atomic E-state index is -2.48. The Morgan fingerprint density at radius 1 is 0.462 bits per heavy atom. The van der Waals surface area contributed by atoms with Crippen LogP contribution in [0.15, 0.2) is 206 Å². The van der Waals surface area contributed by atoms with Crippen LogP contribution in [0.4, 0.5) is 0 Å². The lowest BCUT2D eigenvalue weighted by atomic mass is 9.93. The van der Waals surface area contributed by atoms with Crippen molar-refractivity contribution in [1.29, 1.82) is 0 Å². The molecule has 12 rings (SSSR count). The summed E-state index contributed by atoms with van der Waals surface area (Å²) in [6, 6.07) is 64.6. The summed E-state index contributed by atoms with van der Waals surface area (Å²) in [6.07, 6.45) is -15.2. The van der Waals surface area contributed by atoms with E-state index >= 15 is 0 Å². The maximum atomic E-state index is 14.9. The first-order valence-electron chi connectivity index (χ1n) is 32.2. The Morgan fingerprint density at radius 2 is 0.871 bits per heavy atom. The van der Waals surface area contributed by atoms with E-state index in [1.54, 1.807) is 24.3 Å². The minimum absolute atomic E-state index is 0.0447. The molecule has 0 bridgehead atoms. The first-order chi connectivity index (χ1) is 45.2. The monoisotopic (exact) mass is 1280 g/mol. The van der Waals surface area contributed by atoms with Gasteiger partial charge in [-0.25, -0.2) is 0 Å². The number of hydrogen-bond acceptors (Lipinski definition) is 16. The number of amides is 2. The van der Waals surface area contributed by atoms with Crippen molar-refractivity contribution in [2.45, 2.75) is 177 Å². The summed E-state index contributed by atoms with van der Waals surface area (Å²) < 4.78 is 99.6. The largest absolute Gasteiger partial charge is 0.414 e. The predicted octanol–water partition coefficient (Wildman–Crippen LogP) is 12.3. The number of imide groups is 1. The summed E-state index contributed by atoms with van der Waals surface area (Å²) in [5.41, 5.74) is 5.76. The summed E-state index contributed by atoms with van der Waals surface area (Å²) in [5.74, 6) is -1.10. The van der Waals surface area contributed by atoms with Gasteiger partial charge >= 0.3 is 0 Å². The van der Waals surface area contributed by atoms with Crippen LogP contribution in [0, 0.1) is 0 Å². The fourth-order valence-electron chi connectivity index (χ4n) is 12.4. The van der Waals surface area contributed by atoms with Crippen molar-refractivity contribution in [2.24, 2.45) is 0 Å². The Balaban J connectivity index is 0.989. The highest BCUT2D eigenvalue weighted by Crippen LogP contribution is 2.44. The molecule has 7 aromatic carbocycles. The van der Waals surface area contributed by atoms with Crippen molar-refractivity contribution >= 4 is 20.1 Å². The summed E-state index contributed by atoms with van der Waals surface area (Å²) in [4.78, 5) is 31.0. The van der Waals surface area contributed by atoms with Gasteiger partial charge in [0.2, 0.25) is 0 Å². The Kier molecular flexibility index (Phi) is 21.7. The number of methoxy groups -OCH3 is 1. The molecule has 7 aromatic rings. The van der Waals surface area contributed by atoms with E-state index in [2.05, 4.69) is 33.9 Å². The minimum Gasteiger partial charge on any atom is -0.414 e. The molecule has 2 amide bonds. The SMILES string of the molecule is CO[C@@H]1O[C@@H]2CO[C@@H](c3ccccc3)O[C@H]2[C@H](O[C@@H]2O[C@@H](C)[C@H](OCc3ccccc3)[C@@H](O[C@@H]3O[C@@H](CO[Si](C)(C)C(C)(C)C)[C@H](OCc4ccccc4)[C@@H](OCc4ccccc4)[C@H]3OCc3ccccc3)[C@H]2OCc2ccccc2)[C@H]1N1C(=O)c2ccccc2C1=O. The van der Waals surface area contributed by atoms with Gasteiger partial charge in [-0.05, 0) is 65.0 Å². The quantitative estimate of drug-likeness (QED) is 0.0391. The summed E-state index contributed by atoms with van der Waals surface area (Å²) >= 11 is 0. The summed E-state index contributed by atoms with van der Waals surface area (Å²) in [6.45, 7) is 13.9. The highest BCUT2D eigenvalue weighted by atomic mass is 28.4. The van der Waals surface area contributed by atoms with Gasteiger partial charge in [-0.2, -0.15) is 0 Å². The maximum absolute atomic E-state index is 14.9. The smallest absolute Gasteiger partial charge is 0.262 e. The van der Waals surface area contributed by atoms with E-state index in [-0.39, 0.29) is 62.4 Å². The van der Waals surface area contributed by atoms with Crippen LogP contribution in [0.5, 0.6) is 0 Å². The van der Waals surface area contributed by atoms with Crippen molar-refractivity contribution in [2.75, 3.05) is 20.3 Å². The van der Waals surface area contributed by atoms with E-state index in [9.17, 15) is 9.59 Å². The Bertz CT molecular complexity index is 3450. The number of carbonyl (C=O) groups is 2. The van der Waals surface area contributed by atoms with Gasteiger partial charge in [0, 0.05) is 12.7 Å². The first kappa shape index (κ1) is 66.4. The van der Waals surface area contributed by atoms with Gasteiger partial charge in [0.05, 0.1) is 63.5 Å². The third-order valence-corrected chi connectivity index (χ3v) is 23.0. The van der Waals surface area contributed by atoms with Crippen molar-refractivity contribution in [3.8, 4) is 0 Å². The molecule has 0 unspecified atom stereocenters. The molecule has 5 heterocycles. The van der Waals surface area contributed by atoms with Crippen LogP contribution in [-0.4, -0.2) is 137 Å². The fraction of sp³-hybridized carbons (Fsp3) is 0.413. The molecule has 5 aliphatic heterocycles. The topological polar surface area (TPSA) is 167 Å². The van der Waals surface area contributed by atoms with Gasteiger partial charge < -0.3 is 66.0 Å². The number of benzene rings is 7. The summed E-state index contributed by atoms with van der Waals surface area (Å²) in [7, 11) is -1.01. The lowest BCUT2D eigenvalue weighted by Gasteiger charge is -2.53. The normalized spacial score (nSPS) is 29.0. The molecule has 16 atom stereocenters. The third kappa shape index (κ3) is 15.5. The van der Waals surface area contributed by atoms with Gasteiger partial charge in [0.1, 0.15) is 67.1 Å². The molecule has 4 saturated heterocycles. The zero-order valence-corrected chi connectivity index (χ0v) is 54.8. The van der Waals surface area contributed by atoms with Gasteiger partial charge in [-0.15, -0.1) is 0 Å². The van der Waals surface area contributed by atoms with Crippen LogP contribution in [0.1, 0.15) is 88.1 Å². The van der Waals surface area contributed by atoms with Crippen LogP contribution in [0.3, 0.4) is 0 Å². The number of fused-ring (bicyclic) bond motifs is 2. The van der Waals surface area contributed by atoms with E-state index in [1.807, 2.05) is 189 Å². The predicted molar refractivity (Wildman–Crippen MR) is 347 cm³/mol. The van der Waals surface area contributed by atoms with Crippen LogP contribution in [-0.2, 0) is 99.0 Å². The number of hydrogen-bond donors (Lipinski definition) is 0. The maximum Gasteiger partial charge on any atom is 0.262 e. The zero-order valence-electron chi connectivity index (χ0n) is 53.8. The highest BCUT2D eigenvalue weighted by Gasteiger charge is 2.60. The molecule has 4 fully saturated rings. The molecule has 0 aromatic heterocycles. The fourth-order valence-corrected chi connectivity index (χ4v) is 13.4. The number of nitrogens with zero attached hydrogens (tertiary/aromatic N) is 1. The molecular formula is C75H85NO16Si. The molecule has 93 heavy (non-hydrogen) atoms. The molecule has 0 N–H and O–H groups in total. The Labute approximate surface area is 546 Å². The lowest BCUT2D eigenvalue weighted by Crippen LogP contribution is -2.70. The molecule has 18 heteroatoms. The summed E-state index contributed by atoms with van der Waals surface area (Å²) in [5, 5.41) is -0.160. The molecule has 490 valence electrons. The van der Waals surface area contributed by atoms with Crippen LogP contribution >= 0.6 is 0 Å². The first-order valence-corrected chi connectivity index (χ1v) is 35.1. The third-order valence-electron chi connectivity index (χ3n) is 18.5. The van der Waals surface area contributed by atoms with Gasteiger partial charge in [0.25, 0.3) is 11.8 Å². The van der Waals surface area contributed by atoms with E-state index in [0.29, 0.717) is 0 Å². The lowest BCUT2D eigenvalue weighted by molar-refractivity contribution is -0.397. The standard InChI is InChI=1S/C75H85NO16Si/c1-49-61(80-42-50-28-14-8-15-29-50)66(92-74-67(83-45-53-34-20-11-21-35-53)65(82-44-52-32-18-10-19-33-52)62(81-43-51-30-16-9-17-31-51)59(89-74)48-86-93(6,7)75(2,3)4)68(84-46-54-36-22-12-23-37-54)73(87-49)91-64-60(76-69(77)56-40-26-27-41-57(56)70(76)78)72(79-5)88-58-47-85-71(90-63(58)64)55-38-24-13-25-39-55/h8-41,49,58-68,71-74H,42-48H2,1-7H3/t49-,58+,59-,60+,61-,62-,63+,64+,65+,66+,67+,68+,71+,72+,73-,74-/m0/s1. The molecule has 0 aliphatic carbocycles. The van der Waals surface area contributed by atoms with Crippen LogP contribution in [0.2, 0.25) is 18.1 Å². The van der Waals surface area contributed by atoms with E-state index < -0.39 is 118 Å². The van der Waals surface area contributed by atoms with Crippen molar-refractivity contribution in [1.82, 2.24) is 4.90 Å². The van der Waals surface area contributed by atoms with Gasteiger partial charge in [-0.1, -0.05) is 215 Å². The number of ether oxygens (including phenoxy) is 13. The average Bonchev–Trinajstić information content (AvgIpc) is 1.74. The average molecular weight is 1280 g/mol. The zero-order chi connectivity index (χ0) is 64.5. The van der Waals surface area contributed by atoms with Crippen molar-refractivity contribution in [3.63, 3.8) is 0 Å². The number of rotatable bonds is 25. The Hall–Kier alpha value is -6.66. The van der Waals surface area contributed by atoms with Gasteiger partial charge in [0.15, 0.2) is 33.5 Å². The molecule has 0 spiro atoms. The Morgan fingerprint density at radius 3 is 1.34 bits per heavy atom. The van der Waals surface area contributed by atoms with Crippen molar-refractivity contribution < 1.29 is 75.6 Å². The van der Waals surface area contributed by atoms with Crippen molar-refractivity contribution in [3.05, 3.63) is 251 Å². The highest BCUT2D eigenvalue weighted by molar-refractivity contribution is 6.74. The second-order valence-electron chi connectivity index (χ2n) is 25.8. The van der Waals surface area contributed by atoms with E-state index in [1.165, 1.54) is 12.0 Å². The molecule has 5 aliphatic rings. The second-order valence-corrected chi connectivity index (χ2v) is 30.6. The number of carbonyl (C=O) groups excluding carboxylic acids is 2. The molecule has 0 radical (unpaired) electrons. The van der Waals surface area contributed by atoms with E-state index in [4.69, 9.17) is 66.0 Å². The van der Waals surface area contributed by atoms with Crippen LogP contribution < -0.4 is 0 Å². The van der Waals surface area contributed by atoms with E-state index in [0.717, 1.165) is 33.4 Å². The molecule has 17 nitrogen and oxygen atoms in total. The molecular weight excluding hydrogens is 1200 g/mol.